The Kier molecular flexibility index (Phi) is 5.09. The third-order valence-electron chi connectivity index (χ3n) is 2.99. The zero-order valence-corrected chi connectivity index (χ0v) is 12.8. The molecule has 0 atom stereocenters. The van der Waals surface area contributed by atoms with Crippen LogP contribution in [0, 0.1) is 17.1 Å². The fourth-order valence-corrected chi connectivity index (χ4v) is 3.27. The van der Waals surface area contributed by atoms with Crippen LogP contribution in [-0.2, 0) is 20.4 Å². The number of sulfone groups is 1. The van der Waals surface area contributed by atoms with E-state index in [1.807, 2.05) is 6.07 Å². The summed E-state index contributed by atoms with van der Waals surface area (Å²) in [7, 11) is -3.73. The number of rotatable bonds is 5. The van der Waals surface area contributed by atoms with Gasteiger partial charge in [-0.1, -0.05) is 18.2 Å². The zero-order valence-electron chi connectivity index (χ0n) is 12.0. The first-order valence-electron chi connectivity index (χ1n) is 6.63. The van der Waals surface area contributed by atoms with Crippen LogP contribution in [0.5, 0.6) is 0 Å². The van der Waals surface area contributed by atoms with Gasteiger partial charge in [0.1, 0.15) is 11.6 Å². The highest BCUT2D eigenvalue weighted by Gasteiger charge is 2.19. The molecule has 0 unspecified atom stereocenters. The number of benzene rings is 2. The number of anilines is 1. The van der Waals surface area contributed by atoms with Crippen molar-refractivity contribution in [1.29, 1.82) is 5.26 Å². The van der Waals surface area contributed by atoms with E-state index in [0.717, 1.165) is 12.1 Å². The first kappa shape index (κ1) is 16.6. The predicted octanol–water partition coefficient (Wildman–Crippen LogP) is 2.25. The number of nitriles is 1. The van der Waals surface area contributed by atoms with Crippen LogP contribution in [0.25, 0.3) is 0 Å². The van der Waals surface area contributed by atoms with E-state index in [4.69, 9.17) is 5.26 Å². The Hall–Kier alpha value is -2.72. The van der Waals surface area contributed by atoms with Gasteiger partial charge < -0.3 is 5.32 Å². The second-order valence-electron chi connectivity index (χ2n) is 4.86. The van der Waals surface area contributed by atoms with Crippen molar-refractivity contribution in [3.63, 3.8) is 0 Å². The molecule has 0 heterocycles. The van der Waals surface area contributed by atoms with Gasteiger partial charge in [-0.15, -0.1) is 0 Å². The Labute approximate surface area is 133 Å². The summed E-state index contributed by atoms with van der Waals surface area (Å²) in [5, 5.41) is 11.3. The van der Waals surface area contributed by atoms with Crippen LogP contribution in [-0.4, -0.2) is 20.1 Å². The molecule has 1 amide bonds. The molecule has 0 radical (unpaired) electrons. The highest BCUT2D eigenvalue weighted by atomic mass is 32.2. The van der Waals surface area contributed by atoms with Gasteiger partial charge in [-0.05, 0) is 35.9 Å². The van der Waals surface area contributed by atoms with E-state index < -0.39 is 33.1 Å². The topological polar surface area (TPSA) is 87.0 Å². The highest BCUT2D eigenvalue weighted by molar-refractivity contribution is 7.91. The maximum Gasteiger partial charge on any atom is 0.239 e. The molecular formula is C16H13FN2O3S. The van der Waals surface area contributed by atoms with E-state index in [-0.39, 0.29) is 5.56 Å². The van der Waals surface area contributed by atoms with Gasteiger partial charge in [-0.3, -0.25) is 4.79 Å². The summed E-state index contributed by atoms with van der Waals surface area (Å²) < 4.78 is 37.0. The Bertz CT molecular complexity index is 856. The number of nitrogens with one attached hydrogen (secondary N) is 1. The van der Waals surface area contributed by atoms with Crippen LogP contribution in [0.15, 0.2) is 48.5 Å². The number of carbonyl (C=O) groups excluding carboxylic acids is 1. The lowest BCUT2D eigenvalue weighted by Crippen LogP contribution is -2.24. The smallest absolute Gasteiger partial charge is 0.239 e. The molecule has 1 N–H and O–H groups in total. The molecule has 5 nitrogen and oxygen atoms in total. The number of carbonyl (C=O) groups is 1. The SMILES string of the molecule is N#Cc1ccccc1CS(=O)(=O)CC(=O)Nc1ccc(F)cc1. The van der Waals surface area contributed by atoms with Crippen LogP contribution in [0.3, 0.4) is 0 Å². The number of nitrogens with zero attached hydrogens (tertiary/aromatic N) is 1. The van der Waals surface area contributed by atoms with E-state index in [1.54, 1.807) is 12.1 Å². The molecule has 0 aliphatic carbocycles. The van der Waals surface area contributed by atoms with Crippen molar-refractivity contribution in [2.75, 3.05) is 11.1 Å². The van der Waals surface area contributed by atoms with Crippen molar-refractivity contribution in [3.8, 4) is 6.07 Å². The average molecular weight is 332 g/mol. The van der Waals surface area contributed by atoms with Gasteiger partial charge in [0.05, 0.1) is 17.4 Å². The Balaban J connectivity index is 2.04. The van der Waals surface area contributed by atoms with Crippen LogP contribution in [0.2, 0.25) is 0 Å². The van der Waals surface area contributed by atoms with Gasteiger partial charge >= 0.3 is 0 Å². The summed E-state index contributed by atoms with van der Waals surface area (Å²) in [6.07, 6.45) is 0. The summed E-state index contributed by atoms with van der Waals surface area (Å²) >= 11 is 0. The van der Waals surface area contributed by atoms with Crippen LogP contribution < -0.4 is 5.32 Å². The van der Waals surface area contributed by atoms with Gasteiger partial charge in [0.2, 0.25) is 5.91 Å². The quantitative estimate of drug-likeness (QED) is 0.910. The van der Waals surface area contributed by atoms with E-state index in [0.29, 0.717) is 11.3 Å². The molecule has 2 rings (SSSR count). The van der Waals surface area contributed by atoms with Gasteiger partial charge in [-0.2, -0.15) is 5.26 Å². The van der Waals surface area contributed by atoms with Crippen molar-refractivity contribution >= 4 is 21.4 Å². The highest BCUT2D eigenvalue weighted by Crippen LogP contribution is 2.13. The van der Waals surface area contributed by atoms with Crippen molar-refractivity contribution < 1.29 is 17.6 Å². The van der Waals surface area contributed by atoms with E-state index in [9.17, 15) is 17.6 Å². The van der Waals surface area contributed by atoms with Gasteiger partial charge in [0.25, 0.3) is 0 Å². The molecule has 0 spiro atoms. The van der Waals surface area contributed by atoms with E-state index in [2.05, 4.69) is 5.32 Å². The normalized spacial score (nSPS) is 10.8. The zero-order chi connectivity index (χ0) is 16.9. The summed E-state index contributed by atoms with van der Waals surface area (Å²) in [4.78, 5) is 11.8. The second-order valence-corrected chi connectivity index (χ2v) is 6.92. The van der Waals surface area contributed by atoms with Crippen LogP contribution in [0.1, 0.15) is 11.1 Å². The molecule has 2 aromatic rings. The summed E-state index contributed by atoms with van der Waals surface area (Å²) in [6.45, 7) is 0. The predicted molar refractivity (Wildman–Crippen MR) is 83.7 cm³/mol. The van der Waals surface area contributed by atoms with Crippen molar-refractivity contribution in [2.45, 2.75) is 5.75 Å². The third-order valence-corrected chi connectivity index (χ3v) is 4.45. The molecule has 7 heteroatoms. The van der Waals surface area contributed by atoms with Crippen molar-refractivity contribution in [1.82, 2.24) is 0 Å². The first-order chi connectivity index (χ1) is 10.9. The standard InChI is InChI=1S/C16H13FN2O3S/c17-14-5-7-15(8-6-14)19-16(20)11-23(21,22)10-13-4-2-1-3-12(13)9-18/h1-8H,10-11H2,(H,19,20). The minimum absolute atomic E-state index is 0.259. The maximum atomic E-state index is 12.8. The molecule has 0 fully saturated rings. The van der Waals surface area contributed by atoms with Crippen LogP contribution in [0.4, 0.5) is 10.1 Å². The van der Waals surface area contributed by atoms with Gasteiger partial charge in [0, 0.05) is 5.69 Å². The van der Waals surface area contributed by atoms with Crippen molar-refractivity contribution in [3.05, 3.63) is 65.5 Å². The number of hydrogen-bond donors (Lipinski definition) is 1. The molecule has 0 aliphatic heterocycles. The number of amides is 1. The lowest BCUT2D eigenvalue weighted by atomic mass is 10.1. The first-order valence-corrected chi connectivity index (χ1v) is 8.45. The van der Waals surface area contributed by atoms with Gasteiger partial charge in [0.15, 0.2) is 9.84 Å². The Morgan fingerprint density at radius 2 is 1.78 bits per heavy atom. The molecule has 0 aromatic heterocycles. The summed E-state index contributed by atoms with van der Waals surface area (Å²) in [5.41, 5.74) is 0.920. The molecule has 23 heavy (non-hydrogen) atoms. The van der Waals surface area contributed by atoms with E-state index >= 15 is 0 Å². The molecule has 0 saturated carbocycles. The monoisotopic (exact) mass is 332 g/mol. The van der Waals surface area contributed by atoms with Gasteiger partial charge in [-0.25, -0.2) is 12.8 Å². The molecule has 118 valence electrons. The lowest BCUT2D eigenvalue weighted by Gasteiger charge is -2.07. The Morgan fingerprint density at radius 3 is 2.43 bits per heavy atom. The second kappa shape index (κ2) is 7.03. The number of halogens is 1. The number of hydrogen-bond acceptors (Lipinski definition) is 4. The fraction of sp³-hybridized carbons (Fsp3) is 0.125. The lowest BCUT2D eigenvalue weighted by molar-refractivity contribution is -0.113. The molecular weight excluding hydrogens is 319 g/mol. The maximum absolute atomic E-state index is 12.8. The van der Waals surface area contributed by atoms with Crippen molar-refractivity contribution in [2.24, 2.45) is 0 Å². The minimum Gasteiger partial charge on any atom is -0.325 e. The molecule has 2 aromatic carbocycles. The van der Waals surface area contributed by atoms with Crippen LogP contribution >= 0.6 is 0 Å². The largest absolute Gasteiger partial charge is 0.325 e. The van der Waals surface area contributed by atoms with E-state index in [1.165, 1.54) is 24.3 Å². The fourth-order valence-electron chi connectivity index (χ4n) is 1.97. The summed E-state index contributed by atoms with van der Waals surface area (Å²) in [5.74, 6) is -2.28. The third kappa shape index (κ3) is 4.90. The molecule has 0 saturated heterocycles. The average Bonchev–Trinajstić information content (AvgIpc) is 2.49. The Morgan fingerprint density at radius 1 is 1.13 bits per heavy atom. The molecule has 0 bridgehead atoms. The summed E-state index contributed by atoms with van der Waals surface area (Å²) in [6, 6.07) is 13.2. The molecule has 0 aliphatic rings. The minimum atomic E-state index is -3.73.